The van der Waals surface area contributed by atoms with E-state index in [-0.39, 0.29) is 0 Å². The first-order valence-electron chi connectivity index (χ1n) is 6.78. The van der Waals surface area contributed by atoms with E-state index in [0.717, 1.165) is 12.5 Å². The standard InChI is InChI=1S/C15H26N2/c1-5-17-15(7-6-12(2)3)13(4)14-8-10-16-11-9-14/h8-13,15,17H,5-7H2,1-4H3. The van der Waals surface area contributed by atoms with Gasteiger partial charge in [-0.25, -0.2) is 0 Å². The molecule has 2 heteroatoms. The van der Waals surface area contributed by atoms with Crippen LogP contribution in [0.4, 0.5) is 0 Å². The molecule has 0 fully saturated rings. The molecule has 1 heterocycles. The van der Waals surface area contributed by atoms with Crippen molar-refractivity contribution in [3.63, 3.8) is 0 Å². The molecule has 1 aromatic rings. The number of hydrogen-bond donors (Lipinski definition) is 1. The number of nitrogens with one attached hydrogen (secondary N) is 1. The van der Waals surface area contributed by atoms with Gasteiger partial charge in [0.05, 0.1) is 0 Å². The Labute approximate surface area is 106 Å². The summed E-state index contributed by atoms with van der Waals surface area (Å²) in [6.07, 6.45) is 6.30. The van der Waals surface area contributed by atoms with Crippen LogP contribution in [0.25, 0.3) is 0 Å². The molecule has 0 saturated heterocycles. The predicted octanol–water partition coefficient (Wildman–Crippen LogP) is 3.60. The van der Waals surface area contributed by atoms with Crippen LogP contribution >= 0.6 is 0 Å². The number of rotatable bonds is 7. The Kier molecular flexibility index (Phi) is 6.20. The Balaban J connectivity index is 2.63. The van der Waals surface area contributed by atoms with Gasteiger partial charge >= 0.3 is 0 Å². The lowest BCUT2D eigenvalue weighted by Crippen LogP contribution is -2.34. The molecule has 2 nitrogen and oxygen atoms in total. The van der Waals surface area contributed by atoms with Crippen molar-refractivity contribution in [1.82, 2.24) is 10.3 Å². The van der Waals surface area contributed by atoms with E-state index in [9.17, 15) is 0 Å². The van der Waals surface area contributed by atoms with Crippen molar-refractivity contribution >= 4 is 0 Å². The fraction of sp³-hybridized carbons (Fsp3) is 0.667. The largest absolute Gasteiger partial charge is 0.314 e. The van der Waals surface area contributed by atoms with Gasteiger partial charge < -0.3 is 5.32 Å². The molecule has 2 unspecified atom stereocenters. The molecule has 0 amide bonds. The molecule has 0 aliphatic carbocycles. The van der Waals surface area contributed by atoms with Gasteiger partial charge in [-0.3, -0.25) is 4.98 Å². The van der Waals surface area contributed by atoms with Crippen LogP contribution in [0.1, 0.15) is 52.0 Å². The third kappa shape index (κ3) is 4.86. The van der Waals surface area contributed by atoms with Gasteiger partial charge in [-0.15, -0.1) is 0 Å². The van der Waals surface area contributed by atoms with Crippen LogP contribution in [0, 0.1) is 5.92 Å². The molecular weight excluding hydrogens is 208 g/mol. The summed E-state index contributed by atoms with van der Waals surface area (Å²) in [5.74, 6) is 1.33. The Morgan fingerprint density at radius 2 is 1.76 bits per heavy atom. The molecule has 0 aromatic carbocycles. The summed E-state index contributed by atoms with van der Waals surface area (Å²) >= 11 is 0. The predicted molar refractivity (Wildman–Crippen MR) is 74.2 cm³/mol. The minimum absolute atomic E-state index is 0.552. The molecule has 0 aliphatic heterocycles. The zero-order chi connectivity index (χ0) is 12.7. The van der Waals surface area contributed by atoms with Crippen molar-refractivity contribution < 1.29 is 0 Å². The Bertz CT molecular complexity index is 295. The maximum Gasteiger partial charge on any atom is 0.0270 e. The lowest BCUT2D eigenvalue weighted by Gasteiger charge is -2.26. The maximum atomic E-state index is 4.09. The van der Waals surface area contributed by atoms with E-state index in [2.05, 4.69) is 50.1 Å². The van der Waals surface area contributed by atoms with Crippen molar-refractivity contribution in [3.05, 3.63) is 30.1 Å². The maximum absolute atomic E-state index is 4.09. The zero-order valence-electron chi connectivity index (χ0n) is 11.6. The molecule has 2 atom stereocenters. The molecule has 0 spiro atoms. The number of hydrogen-bond acceptors (Lipinski definition) is 2. The van der Waals surface area contributed by atoms with Crippen molar-refractivity contribution in [3.8, 4) is 0 Å². The first kappa shape index (κ1) is 14.2. The van der Waals surface area contributed by atoms with Crippen LogP contribution in [0.3, 0.4) is 0 Å². The molecule has 0 saturated carbocycles. The first-order chi connectivity index (χ1) is 8.15. The minimum atomic E-state index is 0.552. The van der Waals surface area contributed by atoms with Crippen molar-refractivity contribution in [2.75, 3.05) is 6.54 Å². The quantitative estimate of drug-likeness (QED) is 0.779. The monoisotopic (exact) mass is 234 g/mol. The molecule has 0 bridgehead atoms. The lowest BCUT2D eigenvalue weighted by atomic mass is 9.89. The van der Waals surface area contributed by atoms with Gasteiger partial charge in [0, 0.05) is 18.4 Å². The van der Waals surface area contributed by atoms with Crippen LogP contribution in [0.5, 0.6) is 0 Å². The van der Waals surface area contributed by atoms with E-state index in [1.807, 2.05) is 12.4 Å². The smallest absolute Gasteiger partial charge is 0.0270 e. The molecule has 1 aromatic heterocycles. The molecule has 17 heavy (non-hydrogen) atoms. The highest BCUT2D eigenvalue weighted by Gasteiger charge is 2.17. The van der Waals surface area contributed by atoms with Crippen LogP contribution in [-0.2, 0) is 0 Å². The van der Waals surface area contributed by atoms with Crippen LogP contribution in [0.2, 0.25) is 0 Å². The summed E-state index contributed by atoms with van der Waals surface area (Å²) < 4.78 is 0. The summed E-state index contributed by atoms with van der Waals surface area (Å²) in [6, 6.07) is 4.83. The summed E-state index contributed by atoms with van der Waals surface area (Å²) in [7, 11) is 0. The Morgan fingerprint density at radius 3 is 2.29 bits per heavy atom. The van der Waals surface area contributed by atoms with Gasteiger partial charge in [0.2, 0.25) is 0 Å². The van der Waals surface area contributed by atoms with Gasteiger partial charge in [0.15, 0.2) is 0 Å². The van der Waals surface area contributed by atoms with Crippen molar-refractivity contribution in [1.29, 1.82) is 0 Å². The van der Waals surface area contributed by atoms with Gasteiger partial charge in [-0.1, -0.05) is 27.7 Å². The fourth-order valence-electron chi connectivity index (χ4n) is 2.20. The first-order valence-corrected chi connectivity index (χ1v) is 6.78. The molecule has 1 rings (SSSR count). The number of likely N-dealkylation sites (N-methyl/N-ethyl adjacent to an activating group) is 1. The average Bonchev–Trinajstić information content (AvgIpc) is 2.34. The number of pyridine rings is 1. The second kappa shape index (κ2) is 7.44. The second-order valence-corrected chi connectivity index (χ2v) is 5.20. The normalized spacial score (nSPS) is 14.9. The SMILES string of the molecule is CCNC(CCC(C)C)C(C)c1ccncc1. The van der Waals surface area contributed by atoms with Gasteiger partial charge in [0.1, 0.15) is 0 Å². The summed E-state index contributed by atoms with van der Waals surface area (Å²) in [5, 5.41) is 3.62. The zero-order valence-corrected chi connectivity index (χ0v) is 11.6. The van der Waals surface area contributed by atoms with Gasteiger partial charge in [-0.05, 0) is 48.9 Å². The van der Waals surface area contributed by atoms with Crippen LogP contribution in [-0.4, -0.2) is 17.6 Å². The number of nitrogens with zero attached hydrogens (tertiary/aromatic N) is 1. The van der Waals surface area contributed by atoms with Gasteiger partial charge in [-0.2, -0.15) is 0 Å². The molecular formula is C15H26N2. The highest BCUT2D eigenvalue weighted by atomic mass is 14.9. The second-order valence-electron chi connectivity index (χ2n) is 5.20. The van der Waals surface area contributed by atoms with Crippen molar-refractivity contribution in [2.24, 2.45) is 5.92 Å². The highest BCUT2D eigenvalue weighted by Crippen LogP contribution is 2.22. The molecule has 0 aliphatic rings. The average molecular weight is 234 g/mol. The fourth-order valence-corrected chi connectivity index (χ4v) is 2.20. The molecule has 1 N–H and O–H groups in total. The highest BCUT2D eigenvalue weighted by molar-refractivity contribution is 5.17. The van der Waals surface area contributed by atoms with E-state index in [0.29, 0.717) is 12.0 Å². The van der Waals surface area contributed by atoms with E-state index >= 15 is 0 Å². The van der Waals surface area contributed by atoms with Gasteiger partial charge in [0.25, 0.3) is 0 Å². The summed E-state index contributed by atoms with van der Waals surface area (Å²) in [4.78, 5) is 4.09. The molecule has 96 valence electrons. The van der Waals surface area contributed by atoms with Crippen LogP contribution in [0.15, 0.2) is 24.5 Å². The van der Waals surface area contributed by atoms with E-state index in [1.165, 1.54) is 18.4 Å². The minimum Gasteiger partial charge on any atom is -0.314 e. The topological polar surface area (TPSA) is 24.9 Å². The van der Waals surface area contributed by atoms with E-state index in [1.54, 1.807) is 0 Å². The Hall–Kier alpha value is -0.890. The Morgan fingerprint density at radius 1 is 1.12 bits per heavy atom. The third-order valence-electron chi connectivity index (χ3n) is 3.36. The summed E-state index contributed by atoms with van der Waals surface area (Å²) in [5.41, 5.74) is 1.38. The molecule has 0 radical (unpaired) electrons. The third-order valence-corrected chi connectivity index (χ3v) is 3.36. The van der Waals surface area contributed by atoms with Crippen molar-refractivity contribution in [2.45, 2.75) is 52.5 Å². The van der Waals surface area contributed by atoms with E-state index in [4.69, 9.17) is 0 Å². The lowest BCUT2D eigenvalue weighted by molar-refractivity contribution is 0.395. The summed E-state index contributed by atoms with van der Waals surface area (Å²) in [6.45, 7) is 10.1. The van der Waals surface area contributed by atoms with Crippen LogP contribution < -0.4 is 5.32 Å². The number of aromatic nitrogens is 1. The van der Waals surface area contributed by atoms with E-state index < -0.39 is 0 Å².